The Hall–Kier alpha value is -2.07. The first-order valence-electron chi connectivity index (χ1n) is 8.11. The summed E-state index contributed by atoms with van der Waals surface area (Å²) in [7, 11) is 0. The molecule has 3 nitrogen and oxygen atoms in total. The van der Waals surface area contributed by atoms with Crippen molar-refractivity contribution >= 4 is 17.6 Å². The van der Waals surface area contributed by atoms with Gasteiger partial charge >= 0.3 is 6.03 Å². The van der Waals surface area contributed by atoms with Gasteiger partial charge in [0.15, 0.2) is 0 Å². The lowest BCUT2D eigenvalue weighted by molar-refractivity contribution is 0.232. The predicted octanol–water partition coefficient (Wildman–Crippen LogP) is 4.99. The topological polar surface area (TPSA) is 41.1 Å². The van der Waals surface area contributed by atoms with Crippen LogP contribution in [0.2, 0.25) is 5.02 Å². The van der Waals surface area contributed by atoms with Crippen LogP contribution in [0, 0.1) is 11.7 Å². The number of nitrogens with one attached hydrogen (secondary N) is 2. The Labute approximate surface area is 146 Å². The number of hydrogen-bond acceptors (Lipinski definition) is 1. The van der Waals surface area contributed by atoms with Crippen molar-refractivity contribution in [1.29, 1.82) is 0 Å². The van der Waals surface area contributed by atoms with Gasteiger partial charge in [-0.1, -0.05) is 35.9 Å². The van der Waals surface area contributed by atoms with Crippen LogP contribution < -0.4 is 10.6 Å². The van der Waals surface area contributed by atoms with Crippen molar-refractivity contribution in [3.63, 3.8) is 0 Å². The van der Waals surface area contributed by atoms with Gasteiger partial charge in [0, 0.05) is 5.02 Å². The molecule has 0 aliphatic heterocycles. The molecule has 1 aliphatic carbocycles. The molecule has 0 saturated heterocycles. The lowest BCUT2D eigenvalue weighted by Crippen LogP contribution is -2.39. The second-order valence-corrected chi connectivity index (χ2v) is 6.69. The maximum atomic E-state index is 13.0. The molecule has 1 saturated carbocycles. The van der Waals surface area contributed by atoms with Crippen molar-refractivity contribution in [2.24, 2.45) is 5.92 Å². The van der Waals surface area contributed by atoms with E-state index in [1.165, 1.54) is 12.1 Å². The van der Waals surface area contributed by atoms with Crippen molar-refractivity contribution in [3.8, 4) is 0 Å². The molecule has 1 fully saturated rings. The zero-order chi connectivity index (χ0) is 17.1. The van der Waals surface area contributed by atoms with Crippen molar-refractivity contribution in [2.75, 3.05) is 0 Å². The van der Waals surface area contributed by atoms with Crippen molar-refractivity contribution in [1.82, 2.24) is 10.6 Å². The molecular weight excluding hydrogens is 327 g/mol. The standard InChI is InChI=1S/C19H20ClFN2O/c1-12(13-6-10-17(21)11-7-13)22-19(24)23-18(14-2-3-14)15-4-8-16(20)9-5-15/h4-12,14,18H,2-3H2,1H3,(H2,22,23,24)/t12-,18+/m0/s1. The van der Waals surface area contributed by atoms with E-state index in [4.69, 9.17) is 11.6 Å². The van der Waals surface area contributed by atoms with E-state index in [1.54, 1.807) is 12.1 Å². The maximum absolute atomic E-state index is 13.0. The van der Waals surface area contributed by atoms with E-state index >= 15 is 0 Å². The first kappa shape index (κ1) is 16.8. The number of benzene rings is 2. The van der Waals surface area contributed by atoms with E-state index in [0.717, 1.165) is 24.0 Å². The van der Waals surface area contributed by atoms with Gasteiger partial charge in [0.1, 0.15) is 5.82 Å². The molecular formula is C19H20ClFN2O. The number of amides is 2. The van der Waals surface area contributed by atoms with Crippen LogP contribution in [0.3, 0.4) is 0 Å². The van der Waals surface area contributed by atoms with E-state index in [0.29, 0.717) is 10.9 Å². The van der Waals surface area contributed by atoms with Crippen LogP contribution in [0.1, 0.15) is 43.0 Å². The van der Waals surface area contributed by atoms with Gasteiger partial charge in [-0.2, -0.15) is 0 Å². The van der Waals surface area contributed by atoms with Gasteiger partial charge in [0.2, 0.25) is 0 Å². The van der Waals surface area contributed by atoms with E-state index in [1.807, 2.05) is 31.2 Å². The van der Waals surface area contributed by atoms with Gasteiger partial charge in [-0.05, 0) is 61.1 Å². The molecule has 3 rings (SSSR count). The molecule has 24 heavy (non-hydrogen) atoms. The van der Waals surface area contributed by atoms with Crippen LogP contribution in [0.5, 0.6) is 0 Å². The Morgan fingerprint density at radius 2 is 1.62 bits per heavy atom. The van der Waals surface area contributed by atoms with Gasteiger partial charge in [-0.25, -0.2) is 9.18 Å². The van der Waals surface area contributed by atoms with Gasteiger partial charge in [0.05, 0.1) is 12.1 Å². The highest BCUT2D eigenvalue weighted by atomic mass is 35.5. The Morgan fingerprint density at radius 1 is 1.04 bits per heavy atom. The molecule has 0 unspecified atom stereocenters. The third kappa shape index (κ3) is 4.26. The second-order valence-electron chi connectivity index (χ2n) is 6.26. The highest BCUT2D eigenvalue weighted by Gasteiger charge is 2.33. The summed E-state index contributed by atoms with van der Waals surface area (Å²) in [6, 6.07) is 13.3. The lowest BCUT2D eigenvalue weighted by Gasteiger charge is -2.21. The number of halogens is 2. The van der Waals surface area contributed by atoms with Crippen molar-refractivity contribution in [2.45, 2.75) is 31.8 Å². The Kier molecular flexibility index (Phi) is 5.05. The molecule has 126 valence electrons. The van der Waals surface area contributed by atoms with Gasteiger partial charge in [-0.15, -0.1) is 0 Å². The first-order chi connectivity index (χ1) is 11.5. The van der Waals surface area contributed by atoms with E-state index in [9.17, 15) is 9.18 Å². The monoisotopic (exact) mass is 346 g/mol. The number of carbonyl (C=O) groups is 1. The lowest BCUT2D eigenvalue weighted by atomic mass is 10.0. The zero-order valence-electron chi connectivity index (χ0n) is 13.4. The van der Waals surface area contributed by atoms with E-state index in [2.05, 4.69) is 10.6 Å². The molecule has 2 amide bonds. The van der Waals surface area contributed by atoms with Crippen LogP contribution in [0.25, 0.3) is 0 Å². The Balaban J connectivity index is 1.63. The summed E-state index contributed by atoms with van der Waals surface area (Å²) in [5, 5.41) is 6.65. The molecule has 0 spiro atoms. The van der Waals surface area contributed by atoms with Crippen LogP contribution in [0.4, 0.5) is 9.18 Å². The fourth-order valence-corrected chi connectivity index (χ4v) is 2.91. The molecule has 5 heteroatoms. The fraction of sp³-hybridized carbons (Fsp3) is 0.316. The SMILES string of the molecule is C[C@H](NC(=O)N[C@@H](c1ccc(Cl)cc1)C1CC1)c1ccc(F)cc1. The first-order valence-corrected chi connectivity index (χ1v) is 8.48. The van der Waals surface area contributed by atoms with Gasteiger partial charge < -0.3 is 10.6 Å². The second kappa shape index (κ2) is 7.22. The van der Waals surface area contributed by atoms with Gasteiger partial charge in [0.25, 0.3) is 0 Å². The summed E-state index contributed by atoms with van der Waals surface area (Å²) < 4.78 is 13.0. The molecule has 0 aromatic heterocycles. The summed E-state index contributed by atoms with van der Waals surface area (Å²) in [6.45, 7) is 1.88. The average Bonchev–Trinajstić information content (AvgIpc) is 3.39. The van der Waals surface area contributed by atoms with E-state index in [-0.39, 0.29) is 23.9 Å². The maximum Gasteiger partial charge on any atom is 0.315 e. The zero-order valence-corrected chi connectivity index (χ0v) is 14.2. The van der Waals surface area contributed by atoms with Crippen LogP contribution >= 0.6 is 11.6 Å². The summed E-state index contributed by atoms with van der Waals surface area (Å²) >= 11 is 5.94. The quantitative estimate of drug-likeness (QED) is 0.786. The molecule has 2 N–H and O–H groups in total. The fourth-order valence-electron chi connectivity index (χ4n) is 2.79. The Bertz CT molecular complexity index is 698. The predicted molar refractivity (Wildman–Crippen MR) is 93.4 cm³/mol. The van der Waals surface area contributed by atoms with E-state index < -0.39 is 0 Å². The molecule has 2 aromatic rings. The largest absolute Gasteiger partial charge is 0.332 e. The minimum Gasteiger partial charge on any atom is -0.332 e. The summed E-state index contributed by atoms with van der Waals surface area (Å²) in [6.07, 6.45) is 2.22. The molecule has 0 bridgehead atoms. The number of hydrogen-bond donors (Lipinski definition) is 2. The summed E-state index contributed by atoms with van der Waals surface area (Å²) in [5.41, 5.74) is 1.92. The smallest absolute Gasteiger partial charge is 0.315 e. The summed E-state index contributed by atoms with van der Waals surface area (Å²) in [5.74, 6) is 0.185. The highest BCUT2D eigenvalue weighted by Crippen LogP contribution is 2.41. The van der Waals surface area contributed by atoms with Crippen molar-refractivity contribution < 1.29 is 9.18 Å². The average molecular weight is 347 g/mol. The highest BCUT2D eigenvalue weighted by molar-refractivity contribution is 6.30. The minimum atomic E-state index is -0.285. The third-order valence-electron chi connectivity index (χ3n) is 4.33. The molecule has 1 aliphatic rings. The minimum absolute atomic E-state index is 0.0114. The third-order valence-corrected chi connectivity index (χ3v) is 4.58. The normalized spacial score (nSPS) is 16.3. The molecule has 0 heterocycles. The summed E-state index contributed by atoms with van der Waals surface area (Å²) in [4.78, 5) is 12.4. The molecule has 2 aromatic carbocycles. The number of urea groups is 1. The molecule has 0 radical (unpaired) electrons. The van der Waals surface area contributed by atoms with Crippen LogP contribution in [0.15, 0.2) is 48.5 Å². The van der Waals surface area contributed by atoms with Crippen molar-refractivity contribution in [3.05, 3.63) is 70.5 Å². The Morgan fingerprint density at radius 3 is 2.21 bits per heavy atom. The van der Waals surface area contributed by atoms with Crippen LogP contribution in [-0.4, -0.2) is 6.03 Å². The van der Waals surface area contributed by atoms with Gasteiger partial charge in [-0.3, -0.25) is 0 Å². The molecule has 2 atom stereocenters. The number of rotatable bonds is 5. The number of carbonyl (C=O) groups excluding carboxylic acids is 1. The van der Waals surface area contributed by atoms with Crippen LogP contribution in [-0.2, 0) is 0 Å².